The van der Waals surface area contributed by atoms with Gasteiger partial charge in [-0.05, 0) is 29.8 Å². The Morgan fingerprint density at radius 3 is 2.80 bits per heavy atom. The number of hydrogen-bond acceptors (Lipinski definition) is 4. The van der Waals surface area contributed by atoms with E-state index in [9.17, 15) is 0 Å². The van der Waals surface area contributed by atoms with Crippen LogP contribution in [0.2, 0.25) is 0 Å². The first kappa shape index (κ1) is 12.4. The normalized spacial score (nSPS) is 10.4. The van der Waals surface area contributed by atoms with Gasteiger partial charge in [0.1, 0.15) is 16.2 Å². The minimum absolute atomic E-state index is 0.716. The fourth-order valence-corrected chi connectivity index (χ4v) is 1.63. The lowest BCUT2D eigenvalue weighted by Crippen LogP contribution is -2.23. The Kier molecular flexibility index (Phi) is 4.98. The van der Waals surface area contributed by atoms with E-state index in [1.54, 1.807) is 0 Å². The molecule has 0 spiro atoms. The fourth-order valence-electron chi connectivity index (χ4n) is 1.17. The third kappa shape index (κ3) is 4.13. The summed E-state index contributed by atoms with van der Waals surface area (Å²) in [6, 6.07) is 1.90. The van der Waals surface area contributed by atoms with Crippen LogP contribution in [0.1, 0.15) is 12.7 Å². The SMILES string of the molecule is CCOCCN(C)c1cc(Br)nc(C)n1. The van der Waals surface area contributed by atoms with Crippen LogP contribution in [0.3, 0.4) is 0 Å². The van der Waals surface area contributed by atoms with Crippen molar-refractivity contribution in [2.24, 2.45) is 0 Å². The number of ether oxygens (including phenoxy) is 1. The Hall–Kier alpha value is -0.680. The van der Waals surface area contributed by atoms with Gasteiger partial charge in [-0.3, -0.25) is 0 Å². The molecule has 0 aliphatic carbocycles. The molecular weight excluding hydrogens is 258 g/mol. The Morgan fingerprint density at radius 2 is 2.20 bits per heavy atom. The summed E-state index contributed by atoms with van der Waals surface area (Å²) in [5.74, 6) is 1.68. The van der Waals surface area contributed by atoms with Gasteiger partial charge in [-0.15, -0.1) is 0 Å². The zero-order valence-electron chi connectivity index (χ0n) is 9.33. The molecule has 5 heteroatoms. The van der Waals surface area contributed by atoms with E-state index in [0.29, 0.717) is 6.61 Å². The van der Waals surface area contributed by atoms with Crippen molar-refractivity contribution in [1.29, 1.82) is 0 Å². The molecule has 0 saturated carbocycles. The second-order valence-corrected chi connectivity index (χ2v) is 4.03. The van der Waals surface area contributed by atoms with Crippen LogP contribution in [0.25, 0.3) is 0 Å². The lowest BCUT2D eigenvalue weighted by molar-refractivity contribution is 0.154. The highest BCUT2D eigenvalue weighted by molar-refractivity contribution is 9.10. The van der Waals surface area contributed by atoms with Gasteiger partial charge in [0.15, 0.2) is 0 Å². The molecule has 0 saturated heterocycles. The van der Waals surface area contributed by atoms with Gasteiger partial charge in [0.25, 0.3) is 0 Å². The van der Waals surface area contributed by atoms with Crippen LogP contribution in [0.5, 0.6) is 0 Å². The first-order valence-electron chi connectivity index (χ1n) is 4.93. The maximum absolute atomic E-state index is 5.29. The second-order valence-electron chi connectivity index (χ2n) is 3.21. The molecule has 0 atom stereocenters. The summed E-state index contributed by atoms with van der Waals surface area (Å²) in [4.78, 5) is 10.6. The van der Waals surface area contributed by atoms with Crippen molar-refractivity contribution >= 4 is 21.7 Å². The lowest BCUT2D eigenvalue weighted by Gasteiger charge is -2.18. The monoisotopic (exact) mass is 273 g/mol. The van der Waals surface area contributed by atoms with E-state index in [-0.39, 0.29) is 0 Å². The van der Waals surface area contributed by atoms with Crippen molar-refractivity contribution in [3.05, 3.63) is 16.5 Å². The Balaban J connectivity index is 2.60. The summed E-state index contributed by atoms with van der Waals surface area (Å²) >= 11 is 3.35. The van der Waals surface area contributed by atoms with Crippen LogP contribution >= 0.6 is 15.9 Å². The van der Waals surface area contributed by atoms with Gasteiger partial charge < -0.3 is 9.64 Å². The maximum Gasteiger partial charge on any atom is 0.133 e. The maximum atomic E-state index is 5.29. The number of likely N-dealkylation sites (N-methyl/N-ethyl adjacent to an activating group) is 1. The fraction of sp³-hybridized carbons (Fsp3) is 0.600. The largest absolute Gasteiger partial charge is 0.380 e. The minimum atomic E-state index is 0.716. The van der Waals surface area contributed by atoms with Crippen molar-refractivity contribution in [3.8, 4) is 0 Å². The number of aryl methyl sites for hydroxylation is 1. The van der Waals surface area contributed by atoms with Crippen molar-refractivity contribution in [1.82, 2.24) is 9.97 Å². The molecule has 4 nitrogen and oxygen atoms in total. The summed E-state index contributed by atoms with van der Waals surface area (Å²) < 4.78 is 6.10. The van der Waals surface area contributed by atoms with E-state index in [0.717, 1.165) is 29.4 Å². The lowest BCUT2D eigenvalue weighted by atomic mass is 10.5. The van der Waals surface area contributed by atoms with E-state index in [1.807, 2.05) is 27.0 Å². The average Bonchev–Trinajstić information content (AvgIpc) is 2.16. The van der Waals surface area contributed by atoms with E-state index in [4.69, 9.17) is 4.74 Å². The molecule has 0 unspecified atom stereocenters. The van der Waals surface area contributed by atoms with Crippen LogP contribution in [0.4, 0.5) is 5.82 Å². The summed E-state index contributed by atoms with van der Waals surface area (Å²) in [7, 11) is 1.99. The predicted molar refractivity (Wildman–Crippen MR) is 64.2 cm³/mol. The topological polar surface area (TPSA) is 38.2 Å². The van der Waals surface area contributed by atoms with Crippen LogP contribution in [0, 0.1) is 6.92 Å². The standard InChI is InChI=1S/C10H16BrN3O/c1-4-15-6-5-14(3)10-7-9(11)12-8(2)13-10/h7H,4-6H2,1-3H3. The second kappa shape index (κ2) is 6.02. The average molecular weight is 274 g/mol. The summed E-state index contributed by atoms with van der Waals surface area (Å²) in [6.07, 6.45) is 0. The number of halogens is 1. The van der Waals surface area contributed by atoms with Gasteiger partial charge in [0, 0.05) is 26.3 Å². The van der Waals surface area contributed by atoms with Crippen molar-refractivity contribution in [2.45, 2.75) is 13.8 Å². The predicted octanol–water partition coefficient (Wildman–Crippen LogP) is 2.02. The van der Waals surface area contributed by atoms with Gasteiger partial charge in [-0.25, -0.2) is 9.97 Å². The molecule has 0 aromatic carbocycles. The third-order valence-electron chi connectivity index (χ3n) is 1.96. The molecule has 0 bridgehead atoms. The first-order chi connectivity index (χ1) is 7.13. The van der Waals surface area contributed by atoms with Gasteiger partial charge >= 0.3 is 0 Å². The quantitative estimate of drug-likeness (QED) is 0.608. The molecule has 84 valence electrons. The summed E-state index contributed by atoms with van der Waals surface area (Å²) in [5.41, 5.74) is 0. The molecule has 0 aliphatic heterocycles. The van der Waals surface area contributed by atoms with Gasteiger partial charge in [0.2, 0.25) is 0 Å². The van der Waals surface area contributed by atoms with E-state index < -0.39 is 0 Å². The molecule has 1 heterocycles. The third-order valence-corrected chi connectivity index (χ3v) is 2.37. The number of nitrogens with zero attached hydrogens (tertiary/aromatic N) is 3. The molecule has 1 aromatic heterocycles. The molecule has 15 heavy (non-hydrogen) atoms. The summed E-state index contributed by atoms with van der Waals surface area (Å²) in [5, 5.41) is 0. The molecule has 1 rings (SSSR count). The first-order valence-corrected chi connectivity index (χ1v) is 5.73. The molecular formula is C10H16BrN3O. The minimum Gasteiger partial charge on any atom is -0.380 e. The van der Waals surface area contributed by atoms with E-state index >= 15 is 0 Å². The zero-order chi connectivity index (χ0) is 11.3. The molecule has 0 fully saturated rings. The van der Waals surface area contributed by atoms with E-state index in [2.05, 4.69) is 30.8 Å². The highest BCUT2D eigenvalue weighted by Crippen LogP contribution is 2.14. The number of rotatable bonds is 5. The van der Waals surface area contributed by atoms with Gasteiger partial charge in [-0.2, -0.15) is 0 Å². The summed E-state index contributed by atoms with van der Waals surface area (Å²) in [6.45, 7) is 6.17. The molecule has 0 N–H and O–H groups in total. The number of aromatic nitrogens is 2. The number of anilines is 1. The van der Waals surface area contributed by atoms with E-state index in [1.165, 1.54) is 0 Å². The van der Waals surface area contributed by atoms with Gasteiger partial charge in [0.05, 0.1) is 6.61 Å². The van der Waals surface area contributed by atoms with Gasteiger partial charge in [-0.1, -0.05) is 0 Å². The van der Waals surface area contributed by atoms with Crippen molar-refractivity contribution in [3.63, 3.8) is 0 Å². The van der Waals surface area contributed by atoms with Crippen LogP contribution in [-0.2, 0) is 4.74 Å². The number of hydrogen-bond donors (Lipinski definition) is 0. The molecule has 0 aliphatic rings. The van der Waals surface area contributed by atoms with Crippen LogP contribution in [-0.4, -0.2) is 36.8 Å². The zero-order valence-corrected chi connectivity index (χ0v) is 10.9. The smallest absolute Gasteiger partial charge is 0.133 e. The van der Waals surface area contributed by atoms with Crippen LogP contribution in [0.15, 0.2) is 10.7 Å². The molecule has 0 radical (unpaired) electrons. The molecule has 0 amide bonds. The Labute approximate surface area is 98.8 Å². The highest BCUT2D eigenvalue weighted by atomic mass is 79.9. The Bertz CT molecular complexity index is 299. The van der Waals surface area contributed by atoms with Crippen LogP contribution < -0.4 is 4.90 Å². The molecule has 1 aromatic rings. The van der Waals surface area contributed by atoms with Crippen molar-refractivity contribution < 1.29 is 4.74 Å². The highest BCUT2D eigenvalue weighted by Gasteiger charge is 2.04. The Morgan fingerprint density at radius 1 is 1.47 bits per heavy atom. The van der Waals surface area contributed by atoms with Crippen molar-refractivity contribution in [2.75, 3.05) is 31.7 Å².